The van der Waals surface area contributed by atoms with Gasteiger partial charge in [0.25, 0.3) is 0 Å². The summed E-state index contributed by atoms with van der Waals surface area (Å²) in [4.78, 5) is 12.4. The molecule has 134 valence electrons. The number of thioether (sulfide) groups is 1. The van der Waals surface area contributed by atoms with Gasteiger partial charge in [0.15, 0.2) is 16.8 Å². The summed E-state index contributed by atoms with van der Waals surface area (Å²) < 4.78 is 1.89. The van der Waals surface area contributed by atoms with Crippen molar-refractivity contribution in [2.75, 3.05) is 5.75 Å². The van der Waals surface area contributed by atoms with Crippen LogP contribution in [0.1, 0.15) is 35.7 Å². The molecule has 3 aromatic rings. The van der Waals surface area contributed by atoms with Crippen LogP contribution >= 0.6 is 23.4 Å². The van der Waals surface area contributed by atoms with Gasteiger partial charge in [0.1, 0.15) is 0 Å². The minimum absolute atomic E-state index is 0.0846. The lowest BCUT2D eigenvalue weighted by Gasteiger charge is -2.06. The molecule has 3 rings (SSSR count). The maximum atomic E-state index is 12.4. The molecule has 0 saturated carbocycles. The topological polar surface area (TPSA) is 47.8 Å². The molecule has 0 atom stereocenters. The normalized spacial score (nSPS) is 11.1. The molecule has 0 bridgehead atoms. The highest BCUT2D eigenvalue weighted by Gasteiger charge is 2.14. The van der Waals surface area contributed by atoms with Crippen LogP contribution in [0, 0.1) is 0 Å². The molecular weight excluding hydrogens is 366 g/mol. The SMILES string of the molecule is CC(C)c1ccc(C(=O)CSc2nnc(-c3ccc(Cl)cc3)n2C)cc1. The maximum Gasteiger partial charge on any atom is 0.191 e. The Morgan fingerprint density at radius 3 is 2.35 bits per heavy atom. The highest BCUT2D eigenvalue weighted by molar-refractivity contribution is 7.99. The standard InChI is InChI=1S/C20H20ClN3OS/c1-13(2)14-4-6-15(7-5-14)18(25)12-26-20-23-22-19(24(20)3)16-8-10-17(21)11-9-16/h4-11,13H,12H2,1-3H3. The number of nitrogens with zero attached hydrogens (tertiary/aromatic N) is 3. The number of aromatic nitrogens is 3. The first-order valence-corrected chi connectivity index (χ1v) is 9.73. The summed E-state index contributed by atoms with van der Waals surface area (Å²) in [5.41, 5.74) is 2.89. The first kappa shape index (κ1) is 18.7. The van der Waals surface area contributed by atoms with Crippen molar-refractivity contribution >= 4 is 29.1 Å². The zero-order valence-electron chi connectivity index (χ0n) is 14.9. The van der Waals surface area contributed by atoms with Crippen LogP contribution in [-0.4, -0.2) is 26.3 Å². The molecule has 0 amide bonds. The van der Waals surface area contributed by atoms with E-state index in [0.717, 1.165) is 17.0 Å². The third-order valence-corrected chi connectivity index (χ3v) is 5.44. The quantitative estimate of drug-likeness (QED) is 0.430. The summed E-state index contributed by atoms with van der Waals surface area (Å²) >= 11 is 7.32. The molecule has 1 aromatic heterocycles. The van der Waals surface area contributed by atoms with Gasteiger partial charge in [-0.2, -0.15) is 0 Å². The number of hydrogen-bond donors (Lipinski definition) is 0. The number of carbonyl (C=O) groups excluding carboxylic acids is 1. The van der Waals surface area contributed by atoms with Crippen LogP contribution in [0.2, 0.25) is 5.02 Å². The molecule has 0 aliphatic carbocycles. The smallest absolute Gasteiger partial charge is 0.191 e. The summed E-state index contributed by atoms with van der Waals surface area (Å²) in [6, 6.07) is 15.3. The molecule has 0 fully saturated rings. The summed E-state index contributed by atoms with van der Waals surface area (Å²) in [6.07, 6.45) is 0. The zero-order chi connectivity index (χ0) is 18.7. The number of carbonyl (C=O) groups is 1. The molecule has 0 unspecified atom stereocenters. The van der Waals surface area contributed by atoms with Gasteiger partial charge in [0.2, 0.25) is 0 Å². The minimum atomic E-state index is 0.0846. The molecule has 4 nitrogen and oxygen atoms in total. The second-order valence-electron chi connectivity index (χ2n) is 6.36. The van der Waals surface area contributed by atoms with Crippen LogP contribution in [0.15, 0.2) is 53.7 Å². The fraction of sp³-hybridized carbons (Fsp3) is 0.250. The molecule has 0 aliphatic rings. The number of benzene rings is 2. The lowest BCUT2D eigenvalue weighted by Crippen LogP contribution is -2.04. The van der Waals surface area contributed by atoms with Crippen LogP contribution in [0.4, 0.5) is 0 Å². The molecule has 26 heavy (non-hydrogen) atoms. The van der Waals surface area contributed by atoms with E-state index in [2.05, 4.69) is 24.0 Å². The van der Waals surface area contributed by atoms with Gasteiger partial charge in [-0.25, -0.2) is 0 Å². The molecule has 0 saturated heterocycles. The molecular formula is C20H20ClN3OS. The van der Waals surface area contributed by atoms with Crippen molar-refractivity contribution in [2.24, 2.45) is 7.05 Å². The number of hydrogen-bond acceptors (Lipinski definition) is 4. The van der Waals surface area contributed by atoms with Gasteiger partial charge in [0.05, 0.1) is 5.75 Å². The van der Waals surface area contributed by atoms with Gasteiger partial charge < -0.3 is 4.57 Å². The average molecular weight is 386 g/mol. The van der Waals surface area contributed by atoms with Crippen molar-refractivity contribution in [3.8, 4) is 11.4 Å². The Bertz CT molecular complexity index is 902. The van der Waals surface area contributed by atoms with E-state index < -0.39 is 0 Å². The van der Waals surface area contributed by atoms with E-state index in [-0.39, 0.29) is 5.78 Å². The Hall–Kier alpha value is -2.11. The van der Waals surface area contributed by atoms with Crippen molar-refractivity contribution in [3.63, 3.8) is 0 Å². The first-order valence-electron chi connectivity index (χ1n) is 8.37. The van der Waals surface area contributed by atoms with Gasteiger partial charge in [-0.3, -0.25) is 4.79 Å². The van der Waals surface area contributed by atoms with E-state index in [1.165, 1.54) is 17.3 Å². The average Bonchev–Trinajstić information content (AvgIpc) is 3.01. The Labute approximate surface area is 162 Å². The Morgan fingerprint density at radius 1 is 1.08 bits per heavy atom. The van der Waals surface area contributed by atoms with E-state index in [1.54, 1.807) is 0 Å². The largest absolute Gasteiger partial charge is 0.305 e. The molecule has 0 aliphatic heterocycles. The monoisotopic (exact) mass is 385 g/mol. The first-order chi connectivity index (χ1) is 12.5. The fourth-order valence-electron chi connectivity index (χ4n) is 2.56. The van der Waals surface area contributed by atoms with E-state index in [0.29, 0.717) is 21.8 Å². The third-order valence-electron chi connectivity index (χ3n) is 4.17. The number of Topliss-reactive ketones (excluding diaryl/α,β-unsaturated/α-hetero) is 1. The van der Waals surface area contributed by atoms with Crippen LogP contribution in [0.5, 0.6) is 0 Å². The predicted octanol–water partition coefficient (Wildman–Crippen LogP) is 5.23. The summed E-state index contributed by atoms with van der Waals surface area (Å²) in [5, 5.41) is 9.83. The minimum Gasteiger partial charge on any atom is -0.305 e. The number of ketones is 1. The third kappa shape index (κ3) is 4.17. The molecule has 1 heterocycles. The predicted molar refractivity (Wildman–Crippen MR) is 107 cm³/mol. The van der Waals surface area contributed by atoms with Crippen molar-refractivity contribution in [1.82, 2.24) is 14.8 Å². The van der Waals surface area contributed by atoms with Crippen molar-refractivity contribution < 1.29 is 4.79 Å². The van der Waals surface area contributed by atoms with Crippen molar-refractivity contribution in [1.29, 1.82) is 0 Å². The van der Waals surface area contributed by atoms with E-state index in [9.17, 15) is 4.79 Å². The second kappa shape index (κ2) is 8.06. The molecule has 0 spiro atoms. The summed E-state index contributed by atoms with van der Waals surface area (Å²) in [6.45, 7) is 4.28. The summed E-state index contributed by atoms with van der Waals surface area (Å²) in [5.74, 6) is 1.62. The highest BCUT2D eigenvalue weighted by Crippen LogP contribution is 2.24. The van der Waals surface area contributed by atoms with Crippen LogP contribution < -0.4 is 0 Å². The van der Waals surface area contributed by atoms with Crippen molar-refractivity contribution in [2.45, 2.75) is 24.9 Å². The molecule has 0 radical (unpaired) electrons. The van der Waals surface area contributed by atoms with Gasteiger partial charge in [-0.15, -0.1) is 10.2 Å². The second-order valence-corrected chi connectivity index (χ2v) is 7.74. The summed E-state index contributed by atoms with van der Waals surface area (Å²) in [7, 11) is 1.90. The lowest BCUT2D eigenvalue weighted by atomic mass is 10.0. The van der Waals surface area contributed by atoms with E-state index >= 15 is 0 Å². The van der Waals surface area contributed by atoms with E-state index in [1.807, 2.05) is 60.1 Å². The molecule has 2 aromatic carbocycles. The van der Waals surface area contributed by atoms with Crippen LogP contribution in [0.3, 0.4) is 0 Å². The maximum absolute atomic E-state index is 12.4. The lowest BCUT2D eigenvalue weighted by molar-refractivity contribution is 0.102. The number of halogens is 1. The highest BCUT2D eigenvalue weighted by atomic mass is 35.5. The zero-order valence-corrected chi connectivity index (χ0v) is 16.5. The fourth-order valence-corrected chi connectivity index (χ4v) is 3.49. The van der Waals surface area contributed by atoms with Gasteiger partial charge in [-0.05, 0) is 35.7 Å². The van der Waals surface area contributed by atoms with Crippen LogP contribution in [0.25, 0.3) is 11.4 Å². The van der Waals surface area contributed by atoms with E-state index in [4.69, 9.17) is 11.6 Å². The van der Waals surface area contributed by atoms with Gasteiger partial charge >= 0.3 is 0 Å². The Kier molecular flexibility index (Phi) is 5.79. The molecule has 0 N–H and O–H groups in total. The van der Waals surface area contributed by atoms with Crippen molar-refractivity contribution in [3.05, 3.63) is 64.7 Å². The molecule has 6 heteroatoms. The van der Waals surface area contributed by atoms with Crippen LogP contribution in [-0.2, 0) is 7.05 Å². The van der Waals surface area contributed by atoms with Gasteiger partial charge in [-0.1, -0.05) is 61.5 Å². The number of rotatable bonds is 6. The Balaban J connectivity index is 1.68. The van der Waals surface area contributed by atoms with Gasteiger partial charge in [0, 0.05) is 23.2 Å². The Morgan fingerprint density at radius 2 is 1.73 bits per heavy atom.